The fraction of sp³-hybridized carbons (Fsp3) is 0.348. The lowest BCUT2D eigenvalue weighted by Crippen LogP contribution is -2.52. The summed E-state index contributed by atoms with van der Waals surface area (Å²) in [4.78, 5) is 39.0. The van der Waals surface area contributed by atoms with E-state index in [0.717, 1.165) is 24.0 Å². The first-order valence-electron chi connectivity index (χ1n) is 9.89. The molecule has 0 saturated carbocycles. The Hall–Kier alpha value is -3.15. The van der Waals surface area contributed by atoms with Crippen LogP contribution in [0.3, 0.4) is 0 Å². The van der Waals surface area contributed by atoms with Crippen LogP contribution < -0.4 is 5.32 Å². The van der Waals surface area contributed by atoms with Crippen LogP contribution in [0.4, 0.5) is 4.79 Å². The van der Waals surface area contributed by atoms with Crippen molar-refractivity contribution in [2.24, 2.45) is 0 Å². The minimum atomic E-state index is -0.613. The van der Waals surface area contributed by atoms with Gasteiger partial charge in [-0.2, -0.15) is 0 Å². The summed E-state index contributed by atoms with van der Waals surface area (Å²) in [5.74, 6) is -0.478. The van der Waals surface area contributed by atoms with E-state index in [-0.39, 0.29) is 24.8 Å². The number of nitrogens with zero attached hydrogens (tertiary/aromatic N) is 1. The number of hydrogen-bond acceptors (Lipinski definition) is 4. The molecule has 6 heteroatoms. The number of piperidine rings is 1. The fourth-order valence-electron chi connectivity index (χ4n) is 3.35. The Balaban J connectivity index is 1.55. The van der Waals surface area contributed by atoms with Crippen LogP contribution in [0.2, 0.25) is 0 Å². The summed E-state index contributed by atoms with van der Waals surface area (Å²) >= 11 is 0. The van der Waals surface area contributed by atoms with Crippen molar-refractivity contribution in [1.82, 2.24) is 10.2 Å². The quantitative estimate of drug-likeness (QED) is 0.761. The Labute approximate surface area is 170 Å². The Morgan fingerprint density at radius 3 is 2.48 bits per heavy atom. The van der Waals surface area contributed by atoms with E-state index >= 15 is 0 Å². The molecule has 6 nitrogen and oxygen atoms in total. The first-order chi connectivity index (χ1) is 14.0. The highest BCUT2D eigenvalue weighted by atomic mass is 16.6. The molecule has 1 heterocycles. The Morgan fingerprint density at radius 1 is 1.03 bits per heavy atom. The molecule has 1 saturated heterocycles. The third kappa shape index (κ3) is 5.67. The number of benzene rings is 2. The number of carbonyl (C=O) groups excluding carboxylic acids is 3. The number of ether oxygens (including phenoxy) is 1. The molecule has 1 aliphatic heterocycles. The Morgan fingerprint density at radius 2 is 1.76 bits per heavy atom. The topological polar surface area (TPSA) is 75.7 Å². The summed E-state index contributed by atoms with van der Waals surface area (Å²) in [6.45, 7) is 2.49. The van der Waals surface area contributed by atoms with Gasteiger partial charge >= 0.3 is 6.09 Å². The van der Waals surface area contributed by atoms with Gasteiger partial charge in [-0.1, -0.05) is 60.2 Å². The number of Topliss-reactive ketones (excluding diaryl/α,β-unsaturated/α-hetero) is 1. The summed E-state index contributed by atoms with van der Waals surface area (Å²) in [7, 11) is 0. The maximum absolute atomic E-state index is 12.7. The zero-order chi connectivity index (χ0) is 20.6. The maximum Gasteiger partial charge on any atom is 0.410 e. The van der Waals surface area contributed by atoms with Crippen molar-refractivity contribution in [2.45, 2.75) is 38.8 Å². The van der Waals surface area contributed by atoms with Gasteiger partial charge in [0.2, 0.25) is 5.91 Å². The van der Waals surface area contributed by atoms with Gasteiger partial charge in [-0.3, -0.25) is 14.5 Å². The van der Waals surface area contributed by atoms with Crippen molar-refractivity contribution in [3.05, 3.63) is 71.3 Å². The van der Waals surface area contributed by atoms with Gasteiger partial charge in [0.1, 0.15) is 12.6 Å². The van der Waals surface area contributed by atoms with Crippen LogP contribution in [0.25, 0.3) is 0 Å². The molecule has 1 unspecified atom stereocenters. The minimum absolute atomic E-state index is 0.0920. The average molecular weight is 394 g/mol. The fourth-order valence-corrected chi connectivity index (χ4v) is 3.35. The van der Waals surface area contributed by atoms with Crippen molar-refractivity contribution in [1.29, 1.82) is 0 Å². The van der Waals surface area contributed by atoms with Crippen LogP contribution in [-0.2, 0) is 16.1 Å². The molecule has 1 aliphatic rings. The van der Waals surface area contributed by atoms with Gasteiger partial charge in [0.25, 0.3) is 0 Å². The largest absolute Gasteiger partial charge is 0.445 e. The predicted molar refractivity (Wildman–Crippen MR) is 109 cm³/mol. The molecule has 0 spiro atoms. The summed E-state index contributed by atoms with van der Waals surface area (Å²) in [5.41, 5.74) is 2.51. The second kappa shape index (κ2) is 9.87. The van der Waals surface area contributed by atoms with E-state index in [1.807, 2.05) is 49.4 Å². The average Bonchev–Trinajstić information content (AvgIpc) is 2.76. The normalized spacial score (nSPS) is 16.2. The summed E-state index contributed by atoms with van der Waals surface area (Å²) in [6, 6.07) is 16.0. The van der Waals surface area contributed by atoms with Gasteiger partial charge in [0.15, 0.2) is 5.78 Å². The Bertz CT molecular complexity index is 849. The van der Waals surface area contributed by atoms with E-state index in [2.05, 4.69) is 5.32 Å². The number of carbonyl (C=O) groups is 3. The molecule has 2 aromatic rings. The number of likely N-dealkylation sites (tertiary alicyclic amines) is 1. The van der Waals surface area contributed by atoms with E-state index in [0.29, 0.717) is 18.5 Å². The highest BCUT2D eigenvalue weighted by molar-refractivity contribution is 6.00. The van der Waals surface area contributed by atoms with Crippen molar-refractivity contribution in [3.63, 3.8) is 0 Å². The zero-order valence-corrected chi connectivity index (χ0v) is 16.6. The molecule has 1 N–H and O–H groups in total. The highest BCUT2D eigenvalue weighted by Crippen LogP contribution is 2.19. The second-order valence-corrected chi connectivity index (χ2v) is 7.25. The van der Waals surface area contributed by atoms with Crippen molar-refractivity contribution >= 4 is 17.8 Å². The third-order valence-corrected chi connectivity index (χ3v) is 5.04. The molecule has 0 aromatic heterocycles. The smallest absolute Gasteiger partial charge is 0.410 e. The van der Waals surface area contributed by atoms with E-state index in [1.54, 1.807) is 12.1 Å². The first-order valence-corrected chi connectivity index (χ1v) is 9.89. The summed E-state index contributed by atoms with van der Waals surface area (Å²) < 4.78 is 5.39. The summed E-state index contributed by atoms with van der Waals surface area (Å²) in [6.07, 6.45) is 1.74. The molecule has 29 heavy (non-hydrogen) atoms. The van der Waals surface area contributed by atoms with Crippen LogP contribution in [0, 0.1) is 6.92 Å². The highest BCUT2D eigenvalue weighted by Gasteiger charge is 2.33. The maximum atomic E-state index is 12.7. The zero-order valence-electron chi connectivity index (χ0n) is 16.6. The van der Waals surface area contributed by atoms with E-state index in [1.165, 1.54) is 4.90 Å². The number of aryl methyl sites for hydroxylation is 1. The minimum Gasteiger partial charge on any atom is -0.445 e. The second-order valence-electron chi connectivity index (χ2n) is 7.25. The van der Waals surface area contributed by atoms with Crippen molar-refractivity contribution < 1.29 is 19.1 Å². The van der Waals surface area contributed by atoms with Crippen molar-refractivity contribution in [3.8, 4) is 0 Å². The van der Waals surface area contributed by atoms with Gasteiger partial charge in [0, 0.05) is 12.1 Å². The van der Waals surface area contributed by atoms with Gasteiger partial charge in [0.05, 0.1) is 6.54 Å². The molecule has 0 bridgehead atoms. The lowest BCUT2D eigenvalue weighted by atomic mass is 10.0. The van der Waals surface area contributed by atoms with Crippen LogP contribution in [0.5, 0.6) is 0 Å². The monoisotopic (exact) mass is 394 g/mol. The molecule has 1 atom stereocenters. The van der Waals surface area contributed by atoms with Crippen LogP contribution in [0.15, 0.2) is 54.6 Å². The molecule has 2 amide bonds. The number of hydrogen-bond donors (Lipinski definition) is 1. The Kier molecular flexibility index (Phi) is 7.00. The number of nitrogens with one attached hydrogen (secondary N) is 1. The predicted octanol–water partition coefficient (Wildman–Crippen LogP) is 3.49. The van der Waals surface area contributed by atoms with Crippen LogP contribution in [-0.4, -0.2) is 41.8 Å². The van der Waals surface area contributed by atoms with Gasteiger partial charge in [-0.05, 0) is 31.7 Å². The van der Waals surface area contributed by atoms with Gasteiger partial charge < -0.3 is 10.1 Å². The lowest BCUT2D eigenvalue weighted by Gasteiger charge is -2.33. The third-order valence-electron chi connectivity index (χ3n) is 5.04. The molecule has 3 rings (SSSR count). The molecule has 2 aromatic carbocycles. The molecule has 0 radical (unpaired) electrons. The number of rotatable bonds is 6. The molecule has 1 fully saturated rings. The van der Waals surface area contributed by atoms with Crippen LogP contribution in [0.1, 0.15) is 40.7 Å². The van der Waals surface area contributed by atoms with E-state index < -0.39 is 12.1 Å². The lowest BCUT2D eigenvalue weighted by molar-refractivity contribution is -0.126. The number of ketones is 1. The first kappa shape index (κ1) is 20.6. The SMILES string of the molecule is Cc1ccc(C(=O)CNC(=O)C2CCCCN2C(=O)OCc2ccccc2)cc1. The van der Waals surface area contributed by atoms with Gasteiger partial charge in [-0.15, -0.1) is 0 Å². The van der Waals surface area contributed by atoms with E-state index in [4.69, 9.17) is 4.74 Å². The number of amides is 2. The van der Waals surface area contributed by atoms with Crippen LogP contribution >= 0.6 is 0 Å². The molecule has 0 aliphatic carbocycles. The van der Waals surface area contributed by atoms with Gasteiger partial charge in [-0.25, -0.2) is 4.79 Å². The molecular formula is C23H26N2O4. The standard InChI is InChI=1S/C23H26N2O4/c1-17-10-12-19(13-11-17)21(26)15-24-22(27)20-9-5-6-14-25(20)23(28)29-16-18-7-3-2-4-8-18/h2-4,7-8,10-13,20H,5-6,9,14-16H2,1H3,(H,24,27). The molecule has 152 valence electrons. The van der Waals surface area contributed by atoms with E-state index in [9.17, 15) is 14.4 Å². The summed E-state index contributed by atoms with van der Waals surface area (Å²) in [5, 5.41) is 2.69. The van der Waals surface area contributed by atoms with Crippen molar-refractivity contribution in [2.75, 3.05) is 13.1 Å². The molecular weight excluding hydrogens is 368 g/mol.